The number of hydrogen-bond acceptors (Lipinski definition) is 4. The van der Waals surface area contributed by atoms with Crippen LogP contribution in [-0.4, -0.2) is 16.0 Å². The number of ether oxygens (including phenoxy) is 1. The van der Waals surface area contributed by atoms with Gasteiger partial charge in [0.15, 0.2) is 5.69 Å². The average molecular weight is 222 g/mol. The van der Waals surface area contributed by atoms with Gasteiger partial charge in [-0.25, -0.2) is 0 Å². The molecule has 0 saturated heterocycles. The summed E-state index contributed by atoms with van der Waals surface area (Å²) in [5.41, 5.74) is 0.699. The normalized spacial score (nSPS) is 15.2. The Morgan fingerprint density at radius 3 is 2.69 bits per heavy atom. The first kappa shape index (κ1) is 10.9. The van der Waals surface area contributed by atoms with Crippen LogP contribution in [0.25, 0.3) is 0 Å². The van der Waals surface area contributed by atoms with Gasteiger partial charge < -0.3 is 14.9 Å². The lowest BCUT2D eigenvalue weighted by atomic mass is 10.1. The first-order valence-corrected chi connectivity index (χ1v) is 5.39. The van der Waals surface area contributed by atoms with Gasteiger partial charge in [-0.1, -0.05) is 13.8 Å². The van der Waals surface area contributed by atoms with Crippen LogP contribution >= 0.6 is 0 Å². The van der Waals surface area contributed by atoms with Gasteiger partial charge in [0.1, 0.15) is 5.75 Å². The van der Waals surface area contributed by atoms with Gasteiger partial charge in [-0.05, 0) is 22.7 Å². The molecule has 0 radical (unpaired) electrons. The summed E-state index contributed by atoms with van der Waals surface area (Å²) in [6, 6.07) is 3.18. The summed E-state index contributed by atoms with van der Waals surface area (Å²) in [7, 11) is 0. The maximum absolute atomic E-state index is 10.7. The Bertz CT molecular complexity index is 414. The summed E-state index contributed by atoms with van der Waals surface area (Å²) >= 11 is 0. The van der Waals surface area contributed by atoms with Crippen LogP contribution in [0.2, 0.25) is 0 Å². The van der Waals surface area contributed by atoms with Crippen LogP contribution in [-0.2, 0) is 0 Å². The quantitative estimate of drug-likeness (QED) is 0.580. The number of aromatic nitrogens is 1. The maximum atomic E-state index is 10.7. The van der Waals surface area contributed by atoms with Gasteiger partial charge in [-0.2, -0.15) is 0 Å². The van der Waals surface area contributed by atoms with Crippen LogP contribution < -0.4 is 4.74 Å². The standard InChI is InChI=1S/C11H14N2O3/c1-7(2)10-5-9(16-8-3-4-8)6-11(12-10)13(14)15/h5-8H,3-4H2,1-2H3. The van der Waals surface area contributed by atoms with Crippen LogP contribution in [0.15, 0.2) is 12.1 Å². The molecular weight excluding hydrogens is 208 g/mol. The Balaban J connectivity index is 2.31. The highest BCUT2D eigenvalue weighted by molar-refractivity contribution is 5.35. The van der Waals surface area contributed by atoms with Crippen LogP contribution in [0, 0.1) is 10.1 Å². The highest BCUT2D eigenvalue weighted by atomic mass is 16.6. The predicted octanol–water partition coefficient (Wildman–Crippen LogP) is 2.65. The zero-order valence-electron chi connectivity index (χ0n) is 9.34. The van der Waals surface area contributed by atoms with E-state index in [1.165, 1.54) is 6.07 Å². The smallest absolute Gasteiger partial charge is 0.367 e. The lowest BCUT2D eigenvalue weighted by molar-refractivity contribution is -0.389. The van der Waals surface area contributed by atoms with Crippen molar-refractivity contribution < 1.29 is 9.66 Å². The molecule has 1 fully saturated rings. The molecule has 5 nitrogen and oxygen atoms in total. The van der Waals surface area contributed by atoms with Crippen molar-refractivity contribution in [3.05, 3.63) is 27.9 Å². The Morgan fingerprint density at radius 1 is 1.50 bits per heavy atom. The second kappa shape index (κ2) is 4.08. The summed E-state index contributed by atoms with van der Waals surface area (Å²) in [6.45, 7) is 3.90. The second-order valence-electron chi connectivity index (χ2n) is 4.31. The van der Waals surface area contributed by atoms with Crippen molar-refractivity contribution in [3.63, 3.8) is 0 Å². The van der Waals surface area contributed by atoms with Gasteiger partial charge in [-0.15, -0.1) is 0 Å². The van der Waals surface area contributed by atoms with E-state index >= 15 is 0 Å². The molecule has 0 bridgehead atoms. The summed E-state index contributed by atoms with van der Waals surface area (Å²) in [6.07, 6.45) is 2.31. The molecule has 0 aromatic carbocycles. The van der Waals surface area contributed by atoms with Crippen molar-refractivity contribution in [2.45, 2.75) is 38.7 Å². The molecule has 5 heteroatoms. The van der Waals surface area contributed by atoms with E-state index in [2.05, 4.69) is 4.98 Å². The minimum absolute atomic E-state index is 0.137. The number of nitro groups is 1. The van der Waals surface area contributed by atoms with Crippen LogP contribution in [0.1, 0.15) is 38.3 Å². The van der Waals surface area contributed by atoms with E-state index in [9.17, 15) is 10.1 Å². The van der Waals surface area contributed by atoms with E-state index in [4.69, 9.17) is 4.74 Å². The number of nitrogens with zero attached hydrogens (tertiary/aromatic N) is 2. The Labute approximate surface area is 93.6 Å². The molecule has 0 amide bonds. The fraction of sp³-hybridized carbons (Fsp3) is 0.545. The zero-order valence-corrected chi connectivity index (χ0v) is 9.34. The van der Waals surface area contributed by atoms with Gasteiger partial charge in [0.05, 0.1) is 12.2 Å². The third-order valence-electron chi connectivity index (χ3n) is 2.41. The van der Waals surface area contributed by atoms with Crippen molar-refractivity contribution in [3.8, 4) is 5.75 Å². The number of rotatable bonds is 4. The molecule has 1 saturated carbocycles. The number of pyridine rings is 1. The van der Waals surface area contributed by atoms with Crippen molar-refractivity contribution in [1.29, 1.82) is 0 Å². The molecule has 0 atom stereocenters. The molecule has 16 heavy (non-hydrogen) atoms. The fourth-order valence-electron chi connectivity index (χ4n) is 1.35. The van der Waals surface area contributed by atoms with Gasteiger partial charge >= 0.3 is 5.82 Å². The van der Waals surface area contributed by atoms with Crippen molar-refractivity contribution >= 4 is 5.82 Å². The summed E-state index contributed by atoms with van der Waals surface area (Å²) in [5.74, 6) is 0.580. The average Bonchev–Trinajstić information content (AvgIpc) is 3.01. The summed E-state index contributed by atoms with van der Waals surface area (Å²) in [4.78, 5) is 14.2. The first-order chi connectivity index (χ1) is 7.56. The second-order valence-corrected chi connectivity index (χ2v) is 4.31. The highest BCUT2D eigenvalue weighted by Gasteiger charge is 2.25. The first-order valence-electron chi connectivity index (χ1n) is 5.39. The van der Waals surface area contributed by atoms with Crippen LogP contribution in [0.3, 0.4) is 0 Å². The SMILES string of the molecule is CC(C)c1cc(OC2CC2)cc([N+](=O)[O-])n1. The van der Waals surface area contributed by atoms with E-state index in [1.54, 1.807) is 6.07 Å². The van der Waals surface area contributed by atoms with Crippen molar-refractivity contribution in [1.82, 2.24) is 4.98 Å². The molecule has 0 spiro atoms. The van der Waals surface area contributed by atoms with Gasteiger partial charge in [-0.3, -0.25) is 0 Å². The largest absolute Gasteiger partial charge is 0.490 e. The highest BCUT2D eigenvalue weighted by Crippen LogP contribution is 2.30. The van der Waals surface area contributed by atoms with Gasteiger partial charge in [0.2, 0.25) is 0 Å². The lowest BCUT2D eigenvalue weighted by Gasteiger charge is -2.06. The van der Waals surface area contributed by atoms with E-state index in [0.29, 0.717) is 11.4 Å². The zero-order chi connectivity index (χ0) is 11.7. The molecule has 0 aliphatic heterocycles. The van der Waals surface area contributed by atoms with Gasteiger partial charge in [0.25, 0.3) is 0 Å². The van der Waals surface area contributed by atoms with Crippen LogP contribution in [0.4, 0.5) is 5.82 Å². The maximum Gasteiger partial charge on any atom is 0.367 e. The lowest BCUT2D eigenvalue weighted by Crippen LogP contribution is -2.02. The monoisotopic (exact) mass is 222 g/mol. The molecule has 1 aromatic rings. The minimum Gasteiger partial charge on any atom is -0.490 e. The molecule has 1 aliphatic rings. The topological polar surface area (TPSA) is 65.3 Å². The molecular formula is C11H14N2O3. The molecule has 1 aromatic heterocycles. The fourth-order valence-corrected chi connectivity index (χ4v) is 1.35. The minimum atomic E-state index is -0.481. The predicted molar refractivity (Wildman–Crippen MR) is 58.6 cm³/mol. The van der Waals surface area contributed by atoms with E-state index in [1.807, 2.05) is 13.8 Å². The summed E-state index contributed by atoms with van der Waals surface area (Å²) in [5, 5.41) is 10.7. The van der Waals surface area contributed by atoms with E-state index in [0.717, 1.165) is 12.8 Å². The summed E-state index contributed by atoms with van der Waals surface area (Å²) < 4.78 is 5.56. The molecule has 2 rings (SSSR count). The molecule has 0 N–H and O–H groups in total. The van der Waals surface area contributed by atoms with Gasteiger partial charge in [0, 0.05) is 12.0 Å². The number of hydrogen-bond donors (Lipinski definition) is 0. The van der Waals surface area contributed by atoms with E-state index < -0.39 is 4.92 Å². The molecule has 0 unspecified atom stereocenters. The Kier molecular flexibility index (Phi) is 2.77. The van der Waals surface area contributed by atoms with Crippen LogP contribution in [0.5, 0.6) is 5.75 Å². The third kappa shape index (κ3) is 2.48. The molecule has 1 aliphatic carbocycles. The molecule has 86 valence electrons. The Hall–Kier alpha value is -1.65. The Morgan fingerprint density at radius 2 is 2.19 bits per heavy atom. The van der Waals surface area contributed by atoms with Crippen molar-refractivity contribution in [2.75, 3.05) is 0 Å². The third-order valence-corrected chi connectivity index (χ3v) is 2.41. The van der Waals surface area contributed by atoms with Crippen molar-refractivity contribution in [2.24, 2.45) is 0 Å². The molecule has 1 heterocycles. The van der Waals surface area contributed by atoms with E-state index in [-0.39, 0.29) is 17.8 Å².